The van der Waals surface area contributed by atoms with Gasteiger partial charge in [0.1, 0.15) is 5.69 Å². The minimum atomic E-state index is -0.169. The molecule has 0 saturated carbocycles. The van der Waals surface area contributed by atoms with Crippen LogP contribution in [0.25, 0.3) is 11.3 Å². The summed E-state index contributed by atoms with van der Waals surface area (Å²) in [5.41, 5.74) is 1.67. The molecule has 0 fully saturated rings. The van der Waals surface area contributed by atoms with E-state index in [9.17, 15) is 4.79 Å². The minimum Gasteiger partial charge on any atom is -0.359 e. The van der Waals surface area contributed by atoms with E-state index in [1.54, 1.807) is 35.2 Å². The molecule has 0 aliphatic carbocycles. The average Bonchev–Trinajstić information content (AvgIpc) is 3.27. The van der Waals surface area contributed by atoms with Gasteiger partial charge in [-0.25, -0.2) is 0 Å². The molecule has 3 aromatic rings. The van der Waals surface area contributed by atoms with Crippen molar-refractivity contribution in [2.45, 2.75) is 20.0 Å². The lowest BCUT2D eigenvalue weighted by atomic mass is 10.1. The summed E-state index contributed by atoms with van der Waals surface area (Å²) < 4.78 is 7.10. The summed E-state index contributed by atoms with van der Waals surface area (Å²) in [6.07, 6.45) is 6.96. The van der Waals surface area contributed by atoms with E-state index in [2.05, 4.69) is 15.2 Å². The highest BCUT2D eigenvalue weighted by atomic mass is 16.5. The van der Waals surface area contributed by atoms with E-state index in [1.165, 1.54) is 0 Å². The molecule has 0 bridgehead atoms. The summed E-state index contributed by atoms with van der Waals surface area (Å²) in [5, 5.41) is 8.18. The van der Waals surface area contributed by atoms with Crippen LogP contribution in [0.5, 0.6) is 0 Å². The first-order valence-electron chi connectivity index (χ1n) is 7.72. The lowest BCUT2D eigenvalue weighted by molar-refractivity contribution is -0.134. The standard InChI is InChI=1S/C17H19N5O2/c1-13(11-22-9-3-6-19-22)17(23)21(2)12-15-10-16(20-24-15)14-4-7-18-8-5-14/h3-10,13H,11-12H2,1-2H3. The smallest absolute Gasteiger partial charge is 0.227 e. The predicted octanol–water partition coefficient (Wildman–Crippen LogP) is 2.23. The fraction of sp³-hybridized carbons (Fsp3) is 0.294. The molecule has 0 N–H and O–H groups in total. The number of carbonyl (C=O) groups excluding carboxylic acids is 1. The molecule has 7 heteroatoms. The Hall–Kier alpha value is -2.96. The van der Waals surface area contributed by atoms with E-state index >= 15 is 0 Å². The van der Waals surface area contributed by atoms with Crippen molar-refractivity contribution in [3.05, 3.63) is 54.8 Å². The molecule has 124 valence electrons. The van der Waals surface area contributed by atoms with Gasteiger partial charge >= 0.3 is 0 Å². The van der Waals surface area contributed by atoms with E-state index in [0.29, 0.717) is 18.8 Å². The molecule has 3 aromatic heterocycles. The van der Waals surface area contributed by atoms with Crippen molar-refractivity contribution >= 4 is 5.91 Å². The molecule has 0 aliphatic rings. The van der Waals surface area contributed by atoms with E-state index in [0.717, 1.165) is 11.3 Å². The summed E-state index contributed by atoms with van der Waals surface area (Å²) in [5.74, 6) is 0.508. The normalized spacial score (nSPS) is 12.1. The van der Waals surface area contributed by atoms with Crippen LogP contribution in [0, 0.1) is 5.92 Å². The average molecular weight is 325 g/mol. The third-order valence-corrected chi connectivity index (χ3v) is 3.75. The SMILES string of the molecule is CC(Cn1cccn1)C(=O)N(C)Cc1cc(-c2ccncc2)no1. The van der Waals surface area contributed by atoms with Crippen molar-refractivity contribution in [3.8, 4) is 11.3 Å². The Labute approximate surface area is 139 Å². The second kappa shape index (κ2) is 7.08. The highest BCUT2D eigenvalue weighted by Crippen LogP contribution is 2.19. The predicted molar refractivity (Wildman–Crippen MR) is 87.6 cm³/mol. The zero-order valence-electron chi connectivity index (χ0n) is 13.7. The summed E-state index contributed by atoms with van der Waals surface area (Å²) in [6, 6.07) is 7.42. The maximum Gasteiger partial charge on any atom is 0.227 e. The summed E-state index contributed by atoms with van der Waals surface area (Å²) in [4.78, 5) is 18.1. The highest BCUT2D eigenvalue weighted by molar-refractivity contribution is 5.78. The number of carbonyl (C=O) groups is 1. The second-order valence-electron chi connectivity index (χ2n) is 5.74. The zero-order chi connectivity index (χ0) is 16.9. The van der Waals surface area contributed by atoms with Crippen LogP contribution in [0.1, 0.15) is 12.7 Å². The molecule has 24 heavy (non-hydrogen) atoms. The van der Waals surface area contributed by atoms with Crippen molar-refractivity contribution in [2.24, 2.45) is 5.92 Å². The van der Waals surface area contributed by atoms with Gasteiger partial charge in [-0.15, -0.1) is 0 Å². The lowest BCUT2D eigenvalue weighted by Gasteiger charge is -2.20. The molecule has 3 rings (SSSR count). The molecule has 7 nitrogen and oxygen atoms in total. The van der Waals surface area contributed by atoms with Gasteiger partial charge in [0, 0.05) is 43.5 Å². The van der Waals surface area contributed by atoms with Crippen LogP contribution >= 0.6 is 0 Å². The van der Waals surface area contributed by atoms with Crippen molar-refractivity contribution in [2.75, 3.05) is 7.05 Å². The molecule has 1 atom stereocenters. The lowest BCUT2D eigenvalue weighted by Crippen LogP contribution is -2.33. The number of pyridine rings is 1. The molecule has 1 amide bonds. The highest BCUT2D eigenvalue weighted by Gasteiger charge is 2.20. The second-order valence-corrected chi connectivity index (χ2v) is 5.74. The van der Waals surface area contributed by atoms with E-state index in [-0.39, 0.29) is 11.8 Å². The maximum absolute atomic E-state index is 12.5. The number of hydrogen-bond acceptors (Lipinski definition) is 5. The number of aromatic nitrogens is 4. The van der Waals surface area contributed by atoms with Crippen LogP contribution in [-0.2, 0) is 17.9 Å². The van der Waals surface area contributed by atoms with Gasteiger partial charge in [-0.2, -0.15) is 5.10 Å². The van der Waals surface area contributed by atoms with E-state index in [4.69, 9.17) is 4.52 Å². The zero-order valence-corrected chi connectivity index (χ0v) is 13.7. The van der Waals surface area contributed by atoms with Gasteiger partial charge in [0.25, 0.3) is 0 Å². The van der Waals surface area contributed by atoms with Crippen molar-refractivity contribution < 1.29 is 9.32 Å². The van der Waals surface area contributed by atoms with Crippen molar-refractivity contribution in [1.82, 2.24) is 24.8 Å². The number of amides is 1. The molecule has 0 aliphatic heterocycles. The molecule has 1 unspecified atom stereocenters. The minimum absolute atomic E-state index is 0.0346. The Morgan fingerprint density at radius 1 is 1.33 bits per heavy atom. The quantitative estimate of drug-likeness (QED) is 0.694. The van der Waals surface area contributed by atoms with E-state index in [1.807, 2.05) is 37.4 Å². The monoisotopic (exact) mass is 325 g/mol. The Morgan fingerprint density at radius 2 is 2.12 bits per heavy atom. The summed E-state index contributed by atoms with van der Waals surface area (Å²) in [6.45, 7) is 2.82. The van der Waals surface area contributed by atoms with Gasteiger partial charge in [0.15, 0.2) is 5.76 Å². The van der Waals surface area contributed by atoms with E-state index < -0.39 is 0 Å². The molecule has 0 saturated heterocycles. The van der Waals surface area contributed by atoms with Crippen LogP contribution in [0.3, 0.4) is 0 Å². The first kappa shape index (κ1) is 15.9. The molecule has 0 spiro atoms. The first-order chi connectivity index (χ1) is 11.6. The Kier molecular flexibility index (Phi) is 4.69. The van der Waals surface area contributed by atoms with Crippen LogP contribution in [0.15, 0.2) is 53.6 Å². The van der Waals surface area contributed by atoms with Crippen LogP contribution in [0.4, 0.5) is 0 Å². The van der Waals surface area contributed by atoms with Gasteiger partial charge in [-0.05, 0) is 18.2 Å². The van der Waals surface area contributed by atoms with Crippen molar-refractivity contribution in [3.63, 3.8) is 0 Å². The number of nitrogens with zero attached hydrogens (tertiary/aromatic N) is 5. The topological polar surface area (TPSA) is 77.1 Å². The summed E-state index contributed by atoms with van der Waals surface area (Å²) in [7, 11) is 1.76. The van der Waals surface area contributed by atoms with Gasteiger partial charge in [0.05, 0.1) is 19.0 Å². The van der Waals surface area contributed by atoms with Crippen LogP contribution < -0.4 is 0 Å². The molecular formula is C17H19N5O2. The Balaban J connectivity index is 1.61. The fourth-order valence-electron chi connectivity index (χ4n) is 2.50. The third-order valence-electron chi connectivity index (χ3n) is 3.75. The first-order valence-corrected chi connectivity index (χ1v) is 7.72. The maximum atomic E-state index is 12.5. The number of hydrogen-bond donors (Lipinski definition) is 0. The summed E-state index contributed by atoms with van der Waals surface area (Å²) >= 11 is 0. The Morgan fingerprint density at radius 3 is 2.83 bits per heavy atom. The van der Waals surface area contributed by atoms with Gasteiger partial charge in [-0.3, -0.25) is 14.5 Å². The molecule has 0 radical (unpaired) electrons. The molecule has 0 aromatic carbocycles. The van der Waals surface area contributed by atoms with Crippen LogP contribution in [-0.4, -0.2) is 37.8 Å². The fourth-order valence-corrected chi connectivity index (χ4v) is 2.50. The van der Waals surface area contributed by atoms with Crippen LogP contribution in [0.2, 0.25) is 0 Å². The molecular weight excluding hydrogens is 306 g/mol. The van der Waals surface area contributed by atoms with Crippen molar-refractivity contribution in [1.29, 1.82) is 0 Å². The van der Waals surface area contributed by atoms with Gasteiger partial charge in [0.2, 0.25) is 5.91 Å². The van der Waals surface area contributed by atoms with Gasteiger partial charge < -0.3 is 9.42 Å². The largest absolute Gasteiger partial charge is 0.359 e. The third kappa shape index (κ3) is 3.68. The van der Waals surface area contributed by atoms with Gasteiger partial charge in [-0.1, -0.05) is 12.1 Å². The molecule has 3 heterocycles. The number of rotatable bonds is 6. The Bertz CT molecular complexity index is 782.